The quantitative estimate of drug-likeness (QED) is 0.619. The topological polar surface area (TPSA) is 75.7 Å². The van der Waals surface area contributed by atoms with Crippen molar-refractivity contribution in [2.45, 2.75) is 43.0 Å². The molecular formula is C21H24Cl2N2O4S. The number of benzene rings is 2. The molecule has 0 aliphatic heterocycles. The molecule has 30 heavy (non-hydrogen) atoms. The van der Waals surface area contributed by atoms with E-state index in [2.05, 4.69) is 5.32 Å². The van der Waals surface area contributed by atoms with Crippen molar-refractivity contribution in [2.24, 2.45) is 0 Å². The van der Waals surface area contributed by atoms with E-state index >= 15 is 0 Å². The number of ether oxygens (including phenoxy) is 1. The Morgan fingerprint density at radius 3 is 2.37 bits per heavy atom. The molecule has 1 fully saturated rings. The lowest BCUT2D eigenvalue weighted by atomic mass is 9.95. The number of nitrogens with one attached hydrogen (secondary N) is 1. The summed E-state index contributed by atoms with van der Waals surface area (Å²) in [7, 11) is -2.47. The first kappa shape index (κ1) is 22.9. The molecule has 2 aromatic carbocycles. The number of anilines is 1. The smallest absolute Gasteiger partial charge is 0.243 e. The van der Waals surface area contributed by atoms with Crippen molar-refractivity contribution in [3.05, 3.63) is 52.5 Å². The molecule has 0 saturated heterocycles. The van der Waals surface area contributed by atoms with Gasteiger partial charge in [0.1, 0.15) is 5.75 Å². The van der Waals surface area contributed by atoms with Crippen LogP contribution in [0.5, 0.6) is 5.75 Å². The third-order valence-corrected chi connectivity index (χ3v) is 7.58. The van der Waals surface area contributed by atoms with E-state index in [-0.39, 0.29) is 22.5 Å². The van der Waals surface area contributed by atoms with E-state index in [9.17, 15) is 13.2 Å². The number of carbonyl (C=O) groups is 1. The Balaban J connectivity index is 1.86. The van der Waals surface area contributed by atoms with Crippen LogP contribution >= 0.6 is 23.2 Å². The maximum absolute atomic E-state index is 13.4. The second-order valence-corrected chi connectivity index (χ2v) is 9.93. The highest BCUT2D eigenvalue weighted by Crippen LogP contribution is 2.32. The summed E-state index contributed by atoms with van der Waals surface area (Å²) >= 11 is 12.0. The predicted molar refractivity (Wildman–Crippen MR) is 119 cm³/mol. The normalized spacial score (nSPS) is 15.2. The fourth-order valence-corrected chi connectivity index (χ4v) is 5.71. The highest BCUT2D eigenvalue weighted by molar-refractivity contribution is 7.89. The van der Waals surface area contributed by atoms with Crippen LogP contribution in [-0.4, -0.2) is 38.3 Å². The molecule has 162 valence electrons. The van der Waals surface area contributed by atoms with Crippen LogP contribution < -0.4 is 10.1 Å². The van der Waals surface area contributed by atoms with Crippen LogP contribution in [0.25, 0.3) is 0 Å². The molecule has 0 aromatic heterocycles. The van der Waals surface area contributed by atoms with Crippen LogP contribution in [0.3, 0.4) is 0 Å². The third kappa shape index (κ3) is 5.46. The SMILES string of the molecule is COc1ccc(S(=O)(=O)N(CC(=O)Nc2ccc(Cl)cc2)C2CCCCC2)cc1Cl. The van der Waals surface area contributed by atoms with Gasteiger partial charge in [-0.15, -0.1) is 0 Å². The van der Waals surface area contributed by atoms with E-state index in [1.807, 2.05) is 0 Å². The first-order chi connectivity index (χ1) is 14.3. The van der Waals surface area contributed by atoms with Gasteiger partial charge in [-0.05, 0) is 55.3 Å². The Morgan fingerprint density at radius 2 is 1.77 bits per heavy atom. The fourth-order valence-electron chi connectivity index (χ4n) is 3.60. The Labute approximate surface area is 187 Å². The number of hydrogen-bond donors (Lipinski definition) is 1. The van der Waals surface area contributed by atoms with Crippen molar-refractivity contribution in [1.29, 1.82) is 0 Å². The number of rotatable bonds is 7. The first-order valence-electron chi connectivity index (χ1n) is 9.72. The molecule has 1 saturated carbocycles. The molecule has 6 nitrogen and oxygen atoms in total. The van der Waals surface area contributed by atoms with Gasteiger partial charge in [0.05, 0.1) is 23.6 Å². The van der Waals surface area contributed by atoms with E-state index in [4.69, 9.17) is 27.9 Å². The average molecular weight is 471 g/mol. The molecule has 0 atom stereocenters. The van der Waals surface area contributed by atoms with Gasteiger partial charge in [0.2, 0.25) is 15.9 Å². The molecule has 1 aliphatic rings. The Kier molecular flexibility index (Phi) is 7.63. The minimum absolute atomic E-state index is 0.0400. The van der Waals surface area contributed by atoms with Gasteiger partial charge in [-0.2, -0.15) is 4.31 Å². The summed E-state index contributed by atoms with van der Waals surface area (Å²) in [5.41, 5.74) is 0.554. The van der Waals surface area contributed by atoms with Crippen LogP contribution in [0.15, 0.2) is 47.4 Å². The number of nitrogens with zero attached hydrogens (tertiary/aromatic N) is 1. The lowest BCUT2D eigenvalue weighted by Crippen LogP contribution is -2.45. The number of halogens is 2. The summed E-state index contributed by atoms with van der Waals surface area (Å²) in [6, 6.07) is 10.8. The molecule has 0 heterocycles. The average Bonchev–Trinajstić information content (AvgIpc) is 2.74. The molecule has 3 rings (SSSR count). The zero-order valence-electron chi connectivity index (χ0n) is 16.6. The van der Waals surface area contributed by atoms with Gasteiger partial charge in [-0.3, -0.25) is 4.79 Å². The first-order valence-corrected chi connectivity index (χ1v) is 11.9. The highest BCUT2D eigenvalue weighted by atomic mass is 35.5. The van der Waals surface area contributed by atoms with Gasteiger partial charge in [-0.25, -0.2) is 8.42 Å². The summed E-state index contributed by atoms with van der Waals surface area (Å²) in [5.74, 6) is -0.0219. The summed E-state index contributed by atoms with van der Waals surface area (Å²) < 4.78 is 33.3. The molecule has 1 amide bonds. The largest absolute Gasteiger partial charge is 0.495 e. The molecule has 0 unspecified atom stereocenters. The monoisotopic (exact) mass is 470 g/mol. The standard InChI is InChI=1S/C21H24Cl2N2O4S/c1-29-20-12-11-18(13-19(20)23)30(27,28)25(17-5-3-2-4-6-17)14-21(26)24-16-9-7-15(22)8-10-16/h7-13,17H,2-6,14H2,1H3,(H,24,26). The molecule has 0 spiro atoms. The van der Waals surface area contributed by atoms with Crippen molar-refractivity contribution < 1.29 is 17.9 Å². The number of sulfonamides is 1. The van der Waals surface area contributed by atoms with Crippen molar-refractivity contribution in [3.63, 3.8) is 0 Å². The van der Waals surface area contributed by atoms with E-state index in [0.717, 1.165) is 32.1 Å². The summed E-state index contributed by atoms with van der Waals surface area (Å²) in [5, 5.41) is 3.50. The van der Waals surface area contributed by atoms with Gasteiger partial charge < -0.3 is 10.1 Å². The highest BCUT2D eigenvalue weighted by Gasteiger charge is 2.34. The van der Waals surface area contributed by atoms with Crippen LogP contribution in [-0.2, 0) is 14.8 Å². The van der Waals surface area contributed by atoms with E-state index in [1.54, 1.807) is 24.3 Å². The molecule has 2 aromatic rings. The van der Waals surface area contributed by atoms with Crippen LogP contribution in [0.4, 0.5) is 5.69 Å². The number of methoxy groups -OCH3 is 1. The Hall–Kier alpha value is -1.80. The summed E-state index contributed by atoms with van der Waals surface area (Å²) in [6.45, 7) is -0.278. The van der Waals surface area contributed by atoms with Crippen molar-refractivity contribution in [1.82, 2.24) is 4.31 Å². The van der Waals surface area contributed by atoms with E-state index in [0.29, 0.717) is 16.5 Å². The number of hydrogen-bond acceptors (Lipinski definition) is 4. The minimum Gasteiger partial charge on any atom is -0.495 e. The van der Waals surface area contributed by atoms with Gasteiger partial charge in [0.15, 0.2) is 0 Å². The van der Waals surface area contributed by atoms with Crippen LogP contribution in [0.2, 0.25) is 10.0 Å². The number of amides is 1. The van der Waals surface area contributed by atoms with Crippen molar-refractivity contribution in [3.8, 4) is 5.75 Å². The van der Waals surface area contributed by atoms with Gasteiger partial charge >= 0.3 is 0 Å². The lowest BCUT2D eigenvalue weighted by molar-refractivity contribution is -0.116. The van der Waals surface area contributed by atoms with Crippen molar-refractivity contribution >= 4 is 44.8 Å². The van der Waals surface area contributed by atoms with Gasteiger partial charge in [0.25, 0.3) is 0 Å². The Morgan fingerprint density at radius 1 is 1.10 bits per heavy atom. The van der Waals surface area contributed by atoms with E-state index in [1.165, 1.54) is 29.6 Å². The zero-order chi connectivity index (χ0) is 21.7. The molecular weight excluding hydrogens is 447 g/mol. The maximum atomic E-state index is 13.4. The van der Waals surface area contributed by atoms with Crippen LogP contribution in [0.1, 0.15) is 32.1 Å². The fraction of sp³-hybridized carbons (Fsp3) is 0.381. The Bertz CT molecular complexity index is 991. The summed E-state index contributed by atoms with van der Waals surface area (Å²) in [6.07, 6.45) is 4.36. The molecule has 0 radical (unpaired) electrons. The van der Waals surface area contributed by atoms with Gasteiger partial charge in [-0.1, -0.05) is 42.5 Å². The van der Waals surface area contributed by atoms with Crippen molar-refractivity contribution in [2.75, 3.05) is 19.0 Å². The molecule has 9 heteroatoms. The second kappa shape index (κ2) is 10.0. The van der Waals surface area contributed by atoms with Crippen LogP contribution in [0, 0.1) is 0 Å². The maximum Gasteiger partial charge on any atom is 0.243 e. The number of carbonyl (C=O) groups excluding carboxylic acids is 1. The zero-order valence-corrected chi connectivity index (χ0v) is 18.9. The summed E-state index contributed by atoms with van der Waals surface area (Å²) in [4.78, 5) is 12.7. The second-order valence-electron chi connectivity index (χ2n) is 7.19. The molecule has 0 bridgehead atoms. The predicted octanol–water partition coefficient (Wildman–Crippen LogP) is 4.96. The van der Waals surface area contributed by atoms with E-state index < -0.39 is 15.9 Å². The molecule has 1 aliphatic carbocycles. The third-order valence-electron chi connectivity index (χ3n) is 5.14. The minimum atomic E-state index is -3.93. The molecule has 1 N–H and O–H groups in total. The lowest BCUT2D eigenvalue weighted by Gasteiger charge is -2.33. The van der Waals surface area contributed by atoms with Gasteiger partial charge in [0, 0.05) is 16.8 Å².